The first-order valence-electron chi connectivity index (χ1n) is 6.14. The number of nitrogens with zero attached hydrogens (tertiary/aromatic N) is 1. The third-order valence-electron chi connectivity index (χ3n) is 3.01. The van der Waals surface area contributed by atoms with Gasteiger partial charge in [-0.1, -0.05) is 41.9 Å². The highest BCUT2D eigenvalue weighted by molar-refractivity contribution is 7.16. The van der Waals surface area contributed by atoms with Crippen LogP contribution in [-0.4, -0.2) is 11.5 Å². The summed E-state index contributed by atoms with van der Waals surface area (Å²) < 4.78 is 1.16. The molecule has 0 aliphatic heterocycles. The van der Waals surface area contributed by atoms with E-state index in [2.05, 4.69) is 34.6 Å². The van der Waals surface area contributed by atoms with Crippen LogP contribution < -0.4 is 5.32 Å². The Hall–Kier alpha value is -1.58. The van der Waals surface area contributed by atoms with E-state index in [1.165, 1.54) is 5.56 Å². The van der Waals surface area contributed by atoms with E-state index in [-0.39, 0.29) is 0 Å². The summed E-state index contributed by atoms with van der Waals surface area (Å²) >= 11 is 7.87. The van der Waals surface area contributed by atoms with Crippen molar-refractivity contribution in [1.82, 2.24) is 4.98 Å². The van der Waals surface area contributed by atoms with Crippen molar-refractivity contribution in [3.05, 3.63) is 58.6 Å². The number of hydrogen-bond donors (Lipinski definition) is 1. The van der Waals surface area contributed by atoms with Gasteiger partial charge in [0.1, 0.15) is 5.52 Å². The van der Waals surface area contributed by atoms with Crippen molar-refractivity contribution in [1.29, 1.82) is 0 Å². The molecule has 0 amide bonds. The monoisotopic (exact) mass is 288 g/mol. The number of rotatable bonds is 4. The van der Waals surface area contributed by atoms with Crippen molar-refractivity contribution < 1.29 is 0 Å². The molecule has 0 unspecified atom stereocenters. The zero-order valence-electron chi connectivity index (χ0n) is 10.3. The maximum absolute atomic E-state index is 6.24. The van der Waals surface area contributed by atoms with Gasteiger partial charge in [0, 0.05) is 6.54 Å². The highest BCUT2D eigenvalue weighted by atomic mass is 35.5. The molecule has 0 aliphatic rings. The van der Waals surface area contributed by atoms with Crippen LogP contribution in [0, 0.1) is 0 Å². The third kappa shape index (κ3) is 2.72. The van der Waals surface area contributed by atoms with Crippen LogP contribution in [0.3, 0.4) is 0 Å². The number of nitrogens with one attached hydrogen (secondary N) is 1. The molecule has 4 heteroatoms. The van der Waals surface area contributed by atoms with Crippen molar-refractivity contribution in [2.45, 2.75) is 6.42 Å². The molecule has 0 atom stereocenters. The molecule has 96 valence electrons. The molecule has 0 radical (unpaired) electrons. The molecule has 19 heavy (non-hydrogen) atoms. The average Bonchev–Trinajstić information content (AvgIpc) is 2.91. The minimum atomic E-state index is 0.728. The number of aromatic nitrogens is 1. The van der Waals surface area contributed by atoms with Gasteiger partial charge < -0.3 is 5.32 Å². The second-order valence-electron chi connectivity index (χ2n) is 4.28. The van der Waals surface area contributed by atoms with Crippen LogP contribution in [0.15, 0.2) is 48.0 Å². The molecule has 3 rings (SSSR count). The smallest absolute Gasteiger partial charge is 0.106 e. The van der Waals surface area contributed by atoms with E-state index >= 15 is 0 Å². The minimum Gasteiger partial charge on any atom is -0.382 e. The first-order valence-corrected chi connectivity index (χ1v) is 7.40. The van der Waals surface area contributed by atoms with E-state index in [0.717, 1.165) is 33.9 Å². The summed E-state index contributed by atoms with van der Waals surface area (Å²) in [4.78, 5) is 4.38. The number of benzene rings is 2. The Bertz CT molecular complexity index is 679. The quantitative estimate of drug-likeness (QED) is 0.759. The fraction of sp³-hybridized carbons (Fsp3) is 0.133. The molecule has 2 aromatic carbocycles. The molecular weight excluding hydrogens is 276 g/mol. The largest absolute Gasteiger partial charge is 0.382 e. The minimum absolute atomic E-state index is 0.728. The van der Waals surface area contributed by atoms with Crippen molar-refractivity contribution in [2.75, 3.05) is 11.9 Å². The molecule has 1 aromatic heterocycles. The van der Waals surface area contributed by atoms with Gasteiger partial charge in [0.15, 0.2) is 0 Å². The standard InChI is InChI=1S/C15H13ClN2S/c16-12-6-7-13-15(18-10-19-13)14(12)17-9-8-11-4-2-1-3-5-11/h1-7,10,17H,8-9H2. The summed E-state index contributed by atoms with van der Waals surface area (Å²) in [5.74, 6) is 0. The topological polar surface area (TPSA) is 24.9 Å². The Morgan fingerprint density at radius 3 is 2.79 bits per heavy atom. The van der Waals surface area contributed by atoms with Crippen molar-refractivity contribution >= 4 is 38.8 Å². The molecule has 1 heterocycles. The molecule has 0 saturated heterocycles. The maximum Gasteiger partial charge on any atom is 0.106 e. The Morgan fingerprint density at radius 2 is 1.95 bits per heavy atom. The summed E-state index contributed by atoms with van der Waals surface area (Å²) in [6, 6.07) is 14.3. The summed E-state index contributed by atoms with van der Waals surface area (Å²) in [5.41, 5.74) is 5.07. The van der Waals surface area contributed by atoms with E-state index in [9.17, 15) is 0 Å². The fourth-order valence-electron chi connectivity index (χ4n) is 2.05. The Balaban J connectivity index is 1.75. The molecule has 3 aromatic rings. The summed E-state index contributed by atoms with van der Waals surface area (Å²) in [6.07, 6.45) is 0.970. The normalized spacial score (nSPS) is 10.8. The predicted octanol–water partition coefficient (Wildman–Crippen LogP) is 4.60. The van der Waals surface area contributed by atoms with Gasteiger partial charge in [-0.3, -0.25) is 0 Å². The lowest BCUT2D eigenvalue weighted by Crippen LogP contribution is -2.05. The number of anilines is 1. The first kappa shape index (κ1) is 12.5. The van der Waals surface area contributed by atoms with Gasteiger partial charge in [-0.15, -0.1) is 11.3 Å². The van der Waals surface area contributed by atoms with Crippen LogP contribution in [0.25, 0.3) is 10.2 Å². The van der Waals surface area contributed by atoms with E-state index in [0.29, 0.717) is 0 Å². The van der Waals surface area contributed by atoms with Crippen molar-refractivity contribution in [2.24, 2.45) is 0 Å². The lowest BCUT2D eigenvalue weighted by Gasteiger charge is -2.09. The first-order chi connectivity index (χ1) is 9.34. The molecular formula is C15H13ClN2S. The van der Waals surface area contributed by atoms with Crippen LogP contribution in [0.2, 0.25) is 5.02 Å². The molecule has 0 spiro atoms. The van der Waals surface area contributed by atoms with E-state index in [4.69, 9.17) is 11.6 Å². The lowest BCUT2D eigenvalue weighted by molar-refractivity contribution is 1.02. The highest BCUT2D eigenvalue weighted by Gasteiger charge is 2.07. The molecule has 0 aliphatic carbocycles. The Labute approximate surface area is 121 Å². The van der Waals surface area contributed by atoms with Crippen LogP contribution in [-0.2, 0) is 6.42 Å². The molecule has 0 fully saturated rings. The van der Waals surface area contributed by atoms with Crippen LogP contribution in [0.1, 0.15) is 5.56 Å². The molecule has 2 nitrogen and oxygen atoms in total. The van der Waals surface area contributed by atoms with Gasteiger partial charge in [0.25, 0.3) is 0 Å². The highest BCUT2D eigenvalue weighted by Crippen LogP contribution is 2.32. The van der Waals surface area contributed by atoms with Gasteiger partial charge >= 0.3 is 0 Å². The third-order valence-corrected chi connectivity index (χ3v) is 4.12. The summed E-state index contributed by atoms with van der Waals surface area (Å²) in [6.45, 7) is 0.848. The molecule has 0 saturated carbocycles. The van der Waals surface area contributed by atoms with E-state index in [1.807, 2.05) is 23.7 Å². The Kier molecular flexibility index (Phi) is 3.67. The van der Waals surface area contributed by atoms with Crippen LogP contribution in [0.4, 0.5) is 5.69 Å². The fourth-order valence-corrected chi connectivity index (χ4v) is 2.96. The van der Waals surface area contributed by atoms with Crippen molar-refractivity contribution in [3.63, 3.8) is 0 Å². The molecule has 0 bridgehead atoms. The number of thiazole rings is 1. The summed E-state index contributed by atoms with van der Waals surface area (Å²) in [5, 5.41) is 4.13. The SMILES string of the molecule is Clc1ccc2scnc2c1NCCc1ccccc1. The van der Waals surface area contributed by atoms with Gasteiger partial charge in [-0.05, 0) is 24.1 Å². The van der Waals surface area contributed by atoms with E-state index in [1.54, 1.807) is 11.3 Å². The van der Waals surface area contributed by atoms with Gasteiger partial charge in [-0.2, -0.15) is 0 Å². The number of hydrogen-bond acceptors (Lipinski definition) is 3. The van der Waals surface area contributed by atoms with Crippen molar-refractivity contribution in [3.8, 4) is 0 Å². The average molecular weight is 289 g/mol. The van der Waals surface area contributed by atoms with Crippen LogP contribution in [0.5, 0.6) is 0 Å². The zero-order chi connectivity index (χ0) is 13.1. The van der Waals surface area contributed by atoms with Crippen LogP contribution >= 0.6 is 22.9 Å². The van der Waals surface area contributed by atoms with Gasteiger partial charge in [0.05, 0.1) is 20.9 Å². The zero-order valence-corrected chi connectivity index (χ0v) is 11.8. The van der Waals surface area contributed by atoms with E-state index < -0.39 is 0 Å². The maximum atomic E-state index is 6.24. The second kappa shape index (κ2) is 5.59. The molecule has 1 N–H and O–H groups in total. The number of halogens is 1. The van der Waals surface area contributed by atoms with Gasteiger partial charge in [-0.25, -0.2) is 4.98 Å². The summed E-state index contributed by atoms with van der Waals surface area (Å²) in [7, 11) is 0. The lowest BCUT2D eigenvalue weighted by atomic mass is 10.1. The number of fused-ring (bicyclic) bond motifs is 1. The Morgan fingerprint density at radius 1 is 1.11 bits per heavy atom. The predicted molar refractivity (Wildman–Crippen MR) is 83.3 cm³/mol. The second-order valence-corrected chi connectivity index (χ2v) is 5.58. The van der Waals surface area contributed by atoms with Gasteiger partial charge in [0.2, 0.25) is 0 Å².